The van der Waals surface area contributed by atoms with Crippen molar-refractivity contribution in [3.8, 4) is 0 Å². The molecule has 0 amide bonds. The molecule has 0 saturated heterocycles. The van der Waals surface area contributed by atoms with E-state index >= 15 is 0 Å². The first-order chi connectivity index (χ1) is 8.97. The van der Waals surface area contributed by atoms with Gasteiger partial charge in [-0.25, -0.2) is 0 Å². The van der Waals surface area contributed by atoms with Crippen molar-refractivity contribution in [2.75, 3.05) is 0 Å². The lowest BCUT2D eigenvalue weighted by Crippen LogP contribution is -2.29. The Balaban J connectivity index is 2.72. The zero-order valence-corrected chi connectivity index (χ0v) is 14.0. The van der Waals surface area contributed by atoms with Crippen LogP contribution in [0, 0.1) is 23.2 Å². The molecule has 1 rings (SSSR count). The summed E-state index contributed by atoms with van der Waals surface area (Å²) in [5.74, 6) is 2.67. The van der Waals surface area contributed by atoms with Gasteiger partial charge in [0.15, 0.2) is 0 Å². The number of rotatable bonds is 4. The number of allylic oxidation sites excluding steroid dienone is 2. The summed E-state index contributed by atoms with van der Waals surface area (Å²) in [6.45, 7) is 12.2. The molecule has 0 aromatic heterocycles. The van der Waals surface area contributed by atoms with Crippen LogP contribution in [0.3, 0.4) is 0 Å². The number of unbranched alkanes of at least 4 members (excludes halogenated alkanes) is 2. The fourth-order valence-electron chi connectivity index (χ4n) is 3.57. The molecule has 0 N–H and O–H groups in total. The van der Waals surface area contributed by atoms with Gasteiger partial charge in [-0.1, -0.05) is 72.5 Å². The maximum atomic E-state index is 2.51. The van der Waals surface area contributed by atoms with Gasteiger partial charge in [0.1, 0.15) is 0 Å². The minimum absolute atomic E-state index is 0.463. The molecule has 0 fully saturated rings. The molecular formula is C19H36. The van der Waals surface area contributed by atoms with Crippen molar-refractivity contribution in [2.45, 2.75) is 86.0 Å². The smallest absolute Gasteiger partial charge is 0.0291 e. The first kappa shape index (κ1) is 16.8. The van der Waals surface area contributed by atoms with Crippen LogP contribution in [0.2, 0.25) is 0 Å². The van der Waals surface area contributed by atoms with Crippen molar-refractivity contribution in [2.24, 2.45) is 23.2 Å². The number of hydrogen-bond donors (Lipinski definition) is 0. The summed E-state index contributed by atoms with van der Waals surface area (Å²) in [4.78, 5) is 0. The van der Waals surface area contributed by atoms with Crippen LogP contribution in [-0.4, -0.2) is 0 Å². The van der Waals surface area contributed by atoms with E-state index < -0.39 is 0 Å². The Morgan fingerprint density at radius 1 is 1.11 bits per heavy atom. The van der Waals surface area contributed by atoms with Crippen LogP contribution in [0.15, 0.2) is 12.2 Å². The second kappa shape index (κ2) is 8.12. The molecule has 0 spiro atoms. The highest BCUT2D eigenvalue weighted by Crippen LogP contribution is 2.41. The number of hydrogen-bond acceptors (Lipinski definition) is 0. The first-order valence-electron chi connectivity index (χ1n) is 8.62. The molecule has 19 heavy (non-hydrogen) atoms. The molecule has 0 bridgehead atoms. The first-order valence-corrected chi connectivity index (χ1v) is 8.62. The Bertz CT molecular complexity index is 261. The van der Waals surface area contributed by atoms with Crippen molar-refractivity contribution < 1.29 is 0 Å². The van der Waals surface area contributed by atoms with Crippen molar-refractivity contribution >= 4 is 0 Å². The van der Waals surface area contributed by atoms with Crippen molar-refractivity contribution in [3.63, 3.8) is 0 Å². The highest BCUT2D eigenvalue weighted by molar-refractivity contribution is 4.93. The Labute approximate surface area is 122 Å². The zero-order valence-electron chi connectivity index (χ0n) is 14.0. The minimum Gasteiger partial charge on any atom is -0.0885 e. The van der Waals surface area contributed by atoms with Gasteiger partial charge in [-0.15, -0.1) is 0 Å². The van der Waals surface area contributed by atoms with Crippen LogP contribution in [0.1, 0.15) is 86.0 Å². The van der Waals surface area contributed by atoms with E-state index in [1.165, 1.54) is 51.4 Å². The molecule has 0 aliphatic heterocycles. The monoisotopic (exact) mass is 264 g/mol. The van der Waals surface area contributed by atoms with E-state index in [1.54, 1.807) is 0 Å². The molecule has 0 saturated carbocycles. The largest absolute Gasteiger partial charge is 0.0885 e. The Morgan fingerprint density at radius 2 is 1.84 bits per heavy atom. The topological polar surface area (TPSA) is 0 Å². The van der Waals surface area contributed by atoms with Crippen molar-refractivity contribution in [3.05, 3.63) is 12.2 Å². The summed E-state index contributed by atoms with van der Waals surface area (Å²) in [6.07, 6.45) is 15.9. The zero-order chi connectivity index (χ0) is 14.3. The summed E-state index contributed by atoms with van der Waals surface area (Å²) in [5.41, 5.74) is 0.463. The molecule has 0 radical (unpaired) electrons. The standard InChI is InChI=1S/C19H36/c1-6-7-9-13-18-15-16(2)12-10-8-11-14-19(4,5)17(18)3/h8,11,16-18H,6-7,9-10,12-15H2,1-5H3. The highest BCUT2D eigenvalue weighted by atomic mass is 14.4. The minimum atomic E-state index is 0.463. The predicted molar refractivity (Wildman–Crippen MR) is 87.3 cm³/mol. The van der Waals surface area contributed by atoms with Crippen molar-refractivity contribution in [1.29, 1.82) is 0 Å². The summed E-state index contributed by atoms with van der Waals surface area (Å²) in [7, 11) is 0. The van der Waals surface area contributed by atoms with E-state index in [-0.39, 0.29) is 0 Å². The maximum absolute atomic E-state index is 2.51. The van der Waals surface area contributed by atoms with E-state index in [9.17, 15) is 0 Å². The maximum Gasteiger partial charge on any atom is -0.0291 e. The molecule has 3 atom stereocenters. The molecule has 1 aliphatic rings. The van der Waals surface area contributed by atoms with E-state index in [0.717, 1.165) is 17.8 Å². The predicted octanol–water partition coefficient (Wildman–Crippen LogP) is 6.61. The molecule has 0 heteroatoms. The van der Waals surface area contributed by atoms with E-state index in [1.807, 2.05) is 0 Å². The summed E-state index contributed by atoms with van der Waals surface area (Å²) >= 11 is 0. The van der Waals surface area contributed by atoms with Crippen LogP contribution in [0.5, 0.6) is 0 Å². The SMILES string of the molecule is CCCCCC1CC(C)CCC=CCC(C)(C)C1C. The lowest BCUT2D eigenvalue weighted by Gasteiger charge is -2.39. The molecule has 112 valence electrons. The summed E-state index contributed by atoms with van der Waals surface area (Å²) in [5, 5.41) is 0. The molecule has 3 unspecified atom stereocenters. The van der Waals surface area contributed by atoms with Gasteiger partial charge in [0.05, 0.1) is 0 Å². The van der Waals surface area contributed by atoms with Crippen LogP contribution in [0.25, 0.3) is 0 Å². The average Bonchev–Trinajstić information content (AvgIpc) is 2.35. The Hall–Kier alpha value is -0.260. The molecule has 0 aromatic rings. The lowest BCUT2D eigenvalue weighted by molar-refractivity contribution is 0.126. The third-order valence-corrected chi connectivity index (χ3v) is 5.46. The summed E-state index contributed by atoms with van der Waals surface area (Å²) < 4.78 is 0. The summed E-state index contributed by atoms with van der Waals surface area (Å²) in [6, 6.07) is 0. The van der Waals surface area contributed by atoms with Crippen LogP contribution in [0.4, 0.5) is 0 Å². The third-order valence-electron chi connectivity index (χ3n) is 5.46. The Kier molecular flexibility index (Phi) is 7.18. The molecule has 0 heterocycles. The van der Waals surface area contributed by atoms with Crippen LogP contribution >= 0.6 is 0 Å². The molecule has 0 nitrogen and oxygen atoms in total. The molecule has 1 aliphatic carbocycles. The molecular weight excluding hydrogens is 228 g/mol. The fourth-order valence-corrected chi connectivity index (χ4v) is 3.57. The van der Waals surface area contributed by atoms with Gasteiger partial charge in [-0.05, 0) is 48.9 Å². The lowest BCUT2D eigenvalue weighted by atomic mass is 9.67. The van der Waals surface area contributed by atoms with Gasteiger partial charge in [0.25, 0.3) is 0 Å². The quantitative estimate of drug-likeness (QED) is 0.396. The van der Waals surface area contributed by atoms with Gasteiger partial charge in [0.2, 0.25) is 0 Å². The van der Waals surface area contributed by atoms with Gasteiger partial charge in [-0.2, -0.15) is 0 Å². The van der Waals surface area contributed by atoms with E-state index in [2.05, 4.69) is 46.8 Å². The van der Waals surface area contributed by atoms with Gasteiger partial charge in [0, 0.05) is 0 Å². The van der Waals surface area contributed by atoms with Gasteiger partial charge in [-0.3, -0.25) is 0 Å². The van der Waals surface area contributed by atoms with Gasteiger partial charge >= 0.3 is 0 Å². The fraction of sp³-hybridized carbons (Fsp3) is 0.895. The second-order valence-corrected chi connectivity index (χ2v) is 7.63. The van der Waals surface area contributed by atoms with Crippen molar-refractivity contribution in [1.82, 2.24) is 0 Å². The van der Waals surface area contributed by atoms with Gasteiger partial charge < -0.3 is 0 Å². The second-order valence-electron chi connectivity index (χ2n) is 7.63. The Morgan fingerprint density at radius 3 is 2.53 bits per heavy atom. The van der Waals surface area contributed by atoms with Crippen LogP contribution < -0.4 is 0 Å². The third kappa shape index (κ3) is 5.71. The molecule has 0 aromatic carbocycles. The van der Waals surface area contributed by atoms with E-state index in [0.29, 0.717) is 5.41 Å². The normalized spacial score (nSPS) is 32.2. The van der Waals surface area contributed by atoms with E-state index in [4.69, 9.17) is 0 Å². The average molecular weight is 264 g/mol. The highest BCUT2D eigenvalue weighted by Gasteiger charge is 2.31. The van der Waals surface area contributed by atoms with Crippen LogP contribution in [-0.2, 0) is 0 Å².